The zero-order valence-corrected chi connectivity index (χ0v) is 15.5. The van der Waals surface area contributed by atoms with Crippen molar-refractivity contribution in [2.75, 3.05) is 6.54 Å². The Morgan fingerprint density at radius 3 is 2.64 bits per heavy atom. The third-order valence-corrected chi connectivity index (χ3v) is 5.26. The summed E-state index contributed by atoms with van der Waals surface area (Å²) >= 11 is 6.53. The van der Waals surface area contributed by atoms with Crippen LogP contribution < -0.4 is 0 Å². The van der Waals surface area contributed by atoms with E-state index in [1.807, 2.05) is 19.9 Å². The van der Waals surface area contributed by atoms with Crippen LogP contribution in [0.1, 0.15) is 17.0 Å². The zero-order chi connectivity index (χ0) is 18.1. The zero-order valence-electron chi connectivity index (χ0n) is 13.8. The van der Waals surface area contributed by atoms with Crippen molar-refractivity contribution < 1.29 is 9.18 Å². The van der Waals surface area contributed by atoms with Gasteiger partial charge in [-0.2, -0.15) is 5.10 Å². The minimum absolute atomic E-state index is 0.122. The summed E-state index contributed by atoms with van der Waals surface area (Å²) in [6.07, 6.45) is 3.47. The van der Waals surface area contributed by atoms with Crippen molar-refractivity contribution in [3.63, 3.8) is 0 Å². The fourth-order valence-corrected chi connectivity index (χ4v) is 3.87. The molecule has 3 rings (SSSR count). The fourth-order valence-electron chi connectivity index (χ4n) is 2.61. The Hall–Kier alpha value is -2.25. The highest BCUT2D eigenvalue weighted by molar-refractivity contribution is 8.26. The first kappa shape index (κ1) is 17.6. The Labute approximate surface area is 155 Å². The maximum Gasteiger partial charge on any atom is 0.266 e. The highest BCUT2D eigenvalue weighted by atomic mass is 32.2. The molecule has 25 heavy (non-hydrogen) atoms. The molecule has 0 bridgehead atoms. The number of carbonyl (C=O) groups is 1. The van der Waals surface area contributed by atoms with Gasteiger partial charge in [-0.25, -0.2) is 9.07 Å². The molecule has 1 aliphatic rings. The van der Waals surface area contributed by atoms with Gasteiger partial charge in [0.15, 0.2) is 0 Å². The summed E-state index contributed by atoms with van der Waals surface area (Å²) in [5, 5.41) is 4.52. The molecule has 1 amide bonds. The molecule has 0 radical (unpaired) electrons. The predicted octanol–water partition coefficient (Wildman–Crippen LogP) is 4.02. The molecule has 1 saturated heterocycles. The molecule has 1 fully saturated rings. The van der Waals surface area contributed by atoms with Crippen LogP contribution in [0.2, 0.25) is 0 Å². The molecule has 0 aliphatic carbocycles. The van der Waals surface area contributed by atoms with Crippen LogP contribution in [0.25, 0.3) is 11.8 Å². The number of carbonyl (C=O) groups excluding carboxylic acids is 1. The normalized spacial score (nSPS) is 16.1. The quantitative estimate of drug-likeness (QED) is 0.461. The molecule has 0 atom stereocenters. The van der Waals surface area contributed by atoms with Gasteiger partial charge in [-0.3, -0.25) is 9.69 Å². The van der Waals surface area contributed by atoms with Crippen LogP contribution in [0, 0.1) is 19.7 Å². The number of amides is 1. The van der Waals surface area contributed by atoms with Crippen molar-refractivity contribution in [2.24, 2.45) is 0 Å². The molecule has 1 aliphatic heterocycles. The first-order valence-electron chi connectivity index (χ1n) is 7.60. The summed E-state index contributed by atoms with van der Waals surface area (Å²) in [7, 11) is 0. The summed E-state index contributed by atoms with van der Waals surface area (Å²) < 4.78 is 15.4. The van der Waals surface area contributed by atoms with E-state index in [0.29, 0.717) is 15.8 Å². The topological polar surface area (TPSA) is 38.1 Å². The van der Waals surface area contributed by atoms with E-state index in [1.54, 1.807) is 22.9 Å². The largest absolute Gasteiger partial charge is 0.289 e. The van der Waals surface area contributed by atoms with Gasteiger partial charge in [0.25, 0.3) is 5.91 Å². The number of halogens is 1. The molecule has 0 unspecified atom stereocenters. The fraction of sp³-hybridized carbons (Fsp3) is 0.167. The monoisotopic (exact) mass is 373 g/mol. The van der Waals surface area contributed by atoms with Gasteiger partial charge < -0.3 is 0 Å². The van der Waals surface area contributed by atoms with Crippen LogP contribution in [0.4, 0.5) is 4.39 Å². The molecule has 0 spiro atoms. The second-order valence-electron chi connectivity index (χ2n) is 5.55. The van der Waals surface area contributed by atoms with Crippen molar-refractivity contribution in [3.8, 4) is 5.69 Å². The smallest absolute Gasteiger partial charge is 0.266 e. The second-order valence-corrected chi connectivity index (χ2v) is 7.23. The highest BCUT2D eigenvalue weighted by Crippen LogP contribution is 2.33. The van der Waals surface area contributed by atoms with E-state index >= 15 is 0 Å². The number of aryl methyl sites for hydroxylation is 1. The molecule has 7 heteroatoms. The minimum atomic E-state index is -0.295. The summed E-state index contributed by atoms with van der Waals surface area (Å²) in [5.41, 5.74) is 3.29. The van der Waals surface area contributed by atoms with E-state index in [4.69, 9.17) is 12.2 Å². The SMILES string of the molecule is C=CCN1C(=O)/C(=C/c2c(C)nn(-c3ccc(F)cc3)c2C)SC1=S. The molecule has 2 heterocycles. The molecular weight excluding hydrogens is 357 g/mol. The van der Waals surface area contributed by atoms with E-state index < -0.39 is 0 Å². The average Bonchev–Trinajstić information content (AvgIpc) is 3.01. The third kappa shape index (κ3) is 3.29. The number of thiocarbonyl (C=S) groups is 1. The van der Waals surface area contributed by atoms with Crippen molar-refractivity contribution in [2.45, 2.75) is 13.8 Å². The van der Waals surface area contributed by atoms with E-state index in [1.165, 1.54) is 28.8 Å². The van der Waals surface area contributed by atoms with Gasteiger partial charge in [0, 0.05) is 17.8 Å². The average molecular weight is 373 g/mol. The lowest BCUT2D eigenvalue weighted by Gasteiger charge is -2.10. The Bertz CT molecular complexity index is 900. The maximum absolute atomic E-state index is 13.1. The number of rotatable bonds is 4. The Kier molecular flexibility index (Phi) is 4.87. The number of thioether (sulfide) groups is 1. The van der Waals surface area contributed by atoms with Gasteiger partial charge >= 0.3 is 0 Å². The number of hydrogen-bond acceptors (Lipinski definition) is 4. The third-order valence-electron chi connectivity index (χ3n) is 3.88. The van der Waals surface area contributed by atoms with E-state index in [-0.39, 0.29) is 11.7 Å². The van der Waals surface area contributed by atoms with Gasteiger partial charge in [0.2, 0.25) is 0 Å². The predicted molar refractivity (Wildman–Crippen MR) is 103 cm³/mol. The van der Waals surface area contributed by atoms with Crippen molar-refractivity contribution in [1.82, 2.24) is 14.7 Å². The number of hydrogen-bond donors (Lipinski definition) is 0. The van der Waals surface area contributed by atoms with Crippen LogP contribution in [0.3, 0.4) is 0 Å². The number of benzene rings is 1. The van der Waals surface area contributed by atoms with Gasteiger partial charge in [-0.1, -0.05) is 30.1 Å². The lowest BCUT2D eigenvalue weighted by molar-refractivity contribution is -0.121. The van der Waals surface area contributed by atoms with Crippen LogP contribution in [0.5, 0.6) is 0 Å². The van der Waals surface area contributed by atoms with Gasteiger partial charge in [-0.05, 0) is 44.2 Å². The molecule has 2 aromatic rings. The second kappa shape index (κ2) is 6.93. The van der Waals surface area contributed by atoms with Crippen molar-refractivity contribution in [3.05, 3.63) is 64.6 Å². The van der Waals surface area contributed by atoms with Crippen molar-refractivity contribution in [1.29, 1.82) is 0 Å². The van der Waals surface area contributed by atoms with Crippen LogP contribution in [0.15, 0.2) is 41.8 Å². The molecule has 0 saturated carbocycles. The lowest BCUT2D eigenvalue weighted by atomic mass is 10.1. The Balaban J connectivity index is 1.99. The summed E-state index contributed by atoms with van der Waals surface area (Å²) in [6.45, 7) is 7.84. The number of aromatic nitrogens is 2. The lowest BCUT2D eigenvalue weighted by Crippen LogP contribution is -2.27. The van der Waals surface area contributed by atoms with Crippen molar-refractivity contribution >= 4 is 40.3 Å². The molecule has 128 valence electrons. The van der Waals surface area contributed by atoms with Crippen LogP contribution in [-0.2, 0) is 4.79 Å². The first-order chi connectivity index (χ1) is 11.9. The first-order valence-corrected chi connectivity index (χ1v) is 8.83. The summed E-state index contributed by atoms with van der Waals surface area (Å²) in [6, 6.07) is 6.13. The molecule has 4 nitrogen and oxygen atoms in total. The Morgan fingerprint density at radius 2 is 2.00 bits per heavy atom. The van der Waals surface area contributed by atoms with E-state index in [9.17, 15) is 9.18 Å². The Morgan fingerprint density at radius 1 is 1.32 bits per heavy atom. The van der Waals surface area contributed by atoms with E-state index in [0.717, 1.165) is 22.6 Å². The summed E-state index contributed by atoms with van der Waals surface area (Å²) in [5.74, 6) is -0.417. The van der Waals surface area contributed by atoms with E-state index in [2.05, 4.69) is 11.7 Å². The number of nitrogens with zero attached hydrogens (tertiary/aromatic N) is 3. The van der Waals surface area contributed by atoms with Crippen LogP contribution >= 0.6 is 24.0 Å². The maximum atomic E-state index is 13.1. The highest BCUT2D eigenvalue weighted by Gasteiger charge is 2.31. The summed E-state index contributed by atoms with van der Waals surface area (Å²) in [4.78, 5) is 14.6. The molecular formula is C18H16FN3OS2. The van der Waals surface area contributed by atoms with Gasteiger partial charge in [0.1, 0.15) is 10.1 Å². The molecule has 1 aromatic heterocycles. The minimum Gasteiger partial charge on any atom is -0.289 e. The van der Waals surface area contributed by atoms with Gasteiger partial charge in [-0.15, -0.1) is 6.58 Å². The molecule has 0 N–H and O–H groups in total. The van der Waals surface area contributed by atoms with Crippen LogP contribution in [-0.4, -0.2) is 31.5 Å². The molecule has 1 aromatic carbocycles. The standard InChI is InChI=1S/C18H16FN3OS2/c1-4-9-21-17(23)16(25-18(21)24)10-15-11(2)20-22(12(15)3)14-7-5-13(19)6-8-14/h4-8,10H,1,9H2,2-3H3/b16-10-. The van der Waals surface area contributed by atoms with Gasteiger partial charge in [0.05, 0.1) is 16.3 Å².